The van der Waals surface area contributed by atoms with E-state index in [0.29, 0.717) is 8.61 Å². The van der Waals surface area contributed by atoms with Crippen LogP contribution < -0.4 is 0 Å². The summed E-state index contributed by atoms with van der Waals surface area (Å²) in [5.74, 6) is -5.59. The van der Waals surface area contributed by atoms with Gasteiger partial charge in [-0.15, -0.1) is 0 Å². The molecule has 2 amide bonds. The topological polar surface area (TPSA) is 101 Å². The quantitative estimate of drug-likeness (QED) is 0.508. The van der Waals surface area contributed by atoms with Gasteiger partial charge in [0.15, 0.2) is 9.99 Å². The highest BCUT2D eigenvalue weighted by Gasteiger charge is 2.54. The SMILES string of the molecule is CCN1C(=O)N(C(C)(C)C)S1(=NOC(=O)C(F)(F)F)=NOC(=O)C(F)(F)F. The van der Waals surface area contributed by atoms with Crippen molar-refractivity contribution in [1.82, 2.24) is 8.61 Å². The van der Waals surface area contributed by atoms with Gasteiger partial charge in [-0.1, -0.05) is 0 Å². The summed E-state index contributed by atoms with van der Waals surface area (Å²) in [7, 11) is -3.86. The van der Waals surface area contributed by atoms with Gasteiger partial charge in [0.05, 0.1) is 5.54 Å². The van der Waals surface area contributed by atoms with Gasteiger partial charge < -0.3 is 0 Å². The molecule has 1 heterocycles. The largest absolute Gasteiger partial charge is 0.493 e. The van der Waals surface area contributed by atoms with Crippen LogP contribution in [-0.4, -0.2) is 51.0 Å². The van der Waals surface area contributed by atoms with E-state index in [1.54, 1.807) is 0 Å². The second kappa shape index (κ2) is 7.05. The Balaban J connectivity index is 3.54. The molecule has 156 valence electrons. The van der Waals surface area contributed by atoms with E-state index in [2.05, 4.69) is 18.7 Å². The van der Waals surface area contributed by atoms with Gasteiger partial charge in [-0.05, 0) is 27.7 Å². The average molecular weight is 428 g/mol. The van der Waals surface area contributed by atoms with Crippen molar-refractivity contribution in [2.45, 2.75) is 45.6 Å². The third-order valence-electron chi connectivity index (χ3n) is 2.73. The van der Waals surface area contributed by atoms with Crippen LogP contribution in [0.1, 0.15) is 27.7 Å². The van der Waals surface area contributed by atoms with Crippen LogP contribution in [0.4, 0.5) is 31.1 Å². The molecule has 0 aromatic rings. The minimum Gasteiger partial charge on any atom is -0.298 e. The minimum atomic E-state index is -5.47. The fourth-order valence-corrected chi connectivity index (χ4v) is 4.19. The Morgan fingerprint density at radius 2 is 1.33 bits per heavy atom. The molecule has 1 saturated heterocycles. The summed E-state index contributed by atoms with van der Waals surface area (Å²) in [6, 6.07) is -0.876. The molecule has 0 aliphatic carbocycles. The summed E-state index contributed by atoms with van der Waals surface area (Å²) in [6.07, 6.45) is -10.9. The van der Waals surface area contributed by atoms with Crippen LogP contribution in [-0.2, 0) is 29.3 Å². The van der Waals surface area contributed by atoms with Gasteiger partial charge in [0.25, 0.3) is 0 Å². The molecular weight excluding hydrogens is 414 g/mol. The van der Waals surface area contributed by atoms with Crippen LogP contribution in [0.2, 0.25) is 0 Å². The van der Waals surface area contributed by atoms with E-state index in [1.807, 2.05) is 0 Å². The van der Waals surface area contributed by atoms with Gasteiger partial charge in [-0.25, -0.2) is 23.0 Å². The second-order valence-electron chi connectivity index (χ2n) is 5.83. The zero-order chi connectivity index (χ0) is 21.4. The highest BCUT2D eigenvalue weighted by molar-refractivity contribution is 7.94. The number of hydrogen-bond donors (Lipinski definition) is 0. The lowest BCUT2D eigenvalue weighted by Crippen LogP contribution is -2.68. The Kier molecular flexibility index (Phi) is 5.95. The van der Waals surface area contributed by atoms with Crippen molar-refractivity contribution in [3.63, 3.8) is 0 Å². The normalized spacial score (nSPS) is 17.2. The van der Waals surface area contributed by atoms with E-state index >= 15 is 0 Å². The van der Waals surface area contributed by atoms with Crippen molar-refractivity contribution in [1.29, 1.82) is 0 Å². The van der Waals surface area contributed by atoms with Crippen LogP contribution in [0.15, 0.2) is 9.05 Å². The molecule has 0 aromatic carbocycles. The molecule has 0 unspecified atom stereocenters. The van der Waals surface area contributed by atoms with Crippen molar-refractivity contribution in [3.8, 4) is 0 Å². The maximum atomic E-state index is 12.3. The number of rotatable bonds is 3. The number of urea groups is 1. The van der Waals surface area contributed by atoms with Crippen molar-refractivity contribution in [2.75, 3.05) is 6.54 Å². The number of amides is 2. The molecule has 0 atom stereocenters. The molecule has 27 heavy (non-hydrogen) atoms. The molecule has 0 spiro atoms. The molecule has 1 aliphatic heterocycles. The standard InChI is InChI=1S/C11H14F6N4O5S/c1-5-20-8(24)21(9(2,3)4)27(20,18-25-6(22)10(12,13)14)19-26-7(23)11(15,16)17/h5H2,1-4H3. The first-order chi connectivity index (χ1) is 12.0. The average Bonchev–Trinajstić information content (AvgIpc) is 2.45. The lowest BCUT2D eigenvalue weighted by molar-refractivity contribution is -0.200. The molecule has 0 aromatic heterocycles. The smallest absolute Gasteiger partial charge is 0.298 e. The molecule has 9 nitrogen and oxygen atoms in total. The fourth-order valence-electron chi connectivity index (χ4n) is 1.77. The Labute approximate surface area is 149 Å². The summed E-state index contributed by atoms with van der Waals surface area (Å²) in [5.41, 5.74) is -1.24. The summed E-state index contributed by atoms with van der Waals surface area (Å²) >= 11 is 0. The van der Waals surface area contributed by atoms with Crippen molar-refractivity contribution in [3.05, 3.63) is 0 Å². The Hall–Kier alpha value is -2.26. The first-order valence-electron chi connectivity index (χ1n) is 6.94. The number of hydrogen-bond acceptors (Lipinski definition) is 7. The number of nitrogens with zero attached hydrogens (tertiary/aromatic N) is 4. The second-order valence-corrected chi connectivity index (χ2v) is 7.92. The minimum absolute atomic E-state index is 0.291. The highest BCUT2D eigenvalue weighted by atomic mass is 32.2. The Morgan fingerprint density at radius 3 is 1.59 bits per heavy atom. The van der Waals surface area contributed by atoms with Crippen LogP contribution in [0, 0.1) is 0 Å². The number of halogens is 6. The van der Waals surface area contributed by atoms with Gasteiger partial charge in [0.1, 0.15) is 0 Å². The van der Waals surface area contributed by atoms with E-state index in [0.717, 1.165) is 0 Å². The summed E-state index contributed by atoms with van der Waals surface area (Å²) in [5, 5.41) is 0. The monoisotopic (exact) mass is 428 g/mol. The fraction of sp³-hybridized carbons (Fsp3) is 0.727. The number of alkyl halides is 6. The predicted molar refractivity (Wildman–Crippen MR) is 75.9 cm³/mol. The Bertz CT molecular complexity index is 723. The summed E-state index contributed by atoms with van der Waals surface area (Å²) in [4.78, 5) is 41.4. The lowest BCUT2D eigenvalue weighted by atomic mass is 10.1. The van der Waals surface area contributed by atoms with Crippen molar-refractivity contribution >= 4 is 28.0 Å². The van der Waals surface area contributed by atoms with Crippen LogP contribution in [0.3, 0.4) is 0 Å². The van der Waals surface area contributed by atoms with Gasteiger partial charge >= 0.3 is 30.3 Å². The number of carbonyl (C=O) groups excluding carboxylic acids is 3. The van der Waals surface area contributed by atoms with Gasteiger partial charge in [0.2, 0.25) is 0 Å². The lowest BCUT2D eigenvalue weighted by Gasteiger charge is -2.51. The molecule has 1 aliphatic rings. The molecule has 1 fully saturated rings. The number of carbonyl (C=O) groups is 3. The third-order valence-corrected chi connectivity index (χ3v) is 5.48. The molecule has 1 rings (SSSR count). The van der Waals surface area contributed by atoms with Crippen molar-refractivity contribution < 1.29 is 50.4 Å². The third kappa shape index (κ3) is 4.54. The van der Waals surface area contributed by atoms with Crippen LogP contribution >= 0.6 is 0 Å². The molecule has 0 radical (unpaired) electrons. The van der Waals surface area contributed by atoms with Gasteiger partial charge in [0, 0.05) is 15.6 Å². The van der Waals surface area contributed by atoms with Gasteiger partial charge in [-0.2, -0.15) is 26.3 Å². The van der Waals surface area contributed by atoms with E-state index < -0.39 is 45.9 Å². The predicted octanol–water partition coefficient (Wildman–Crippen LogP) is 2.93. The first kappa shape index (κ1) is 22.8. The van der Waals surface area contributed by atoms with Crippen LogP contribution in [0.5, 0.6) is 0 Å². The van der Waals surface area contributed by atoms with Gasteiger partial charge in [-0.3, -0.25) is 9.68 Å². The Morgan fingerprint density at radius 1 is 0.963 bits per heavy atom. The molecular formula is C11H14F6N4O5S. The van der Waals surface area contributed by atoms with E-state index in [9.17, 15) is 40.7 Å². The summed E-state index contributed by atoms with van der Waals surface area (Å²) in [6.45, 7) is 5.11. The van der Waals surface area contributed by atoms with Crippen LogP contribution in [0.25, 0.3) is 0 Å². The van der Waals surface area contributed by atoms with Crippen molar-refractivity contribution in [2.24, 2.45) is 9.05 Å². The molecule has 0 saturated carbocycles. The zero-order valence-corrected chi connectivity index (χ0v) is 15.0. The molecule has 0 bridgehead atoms. The van der Waals surface area contributed by atoms with E-state index in [1.165, 1.54) is 27.7 Å². The highest BCUT2D eigenvalue weighted by Crippen LogP contribution is 2.37. The maximum absolute atomic E-state index is 12.3. The molecule has 0 N–H and O–H groups in total. The maximum Gasteiger partial charge on any atom is 0.493 e. The summed E-state index contributed by atoms with van der Waals surface area (Å²) < 4.78 is 81.1. The van der Waals surface area contributed by atoms with E-state index in [-0.39, 0.29) is 6.54 Å². The zero-order valence-electron chi connectivity index (χ0n) is 14.2. The molecule has 16 heteroatoms. The van der Waals surface area contributed by atoms with E-state index in [4.69, 9.17) is 0 Å². The first-order valence-corrected chi connectivity index (χ1v) is 8.40.